The average Bonchev–Trinajstić information content (AvgIpc) is 2.60. The van der Waals surface area contributed by atoms with E-state index < -0.39 is 0 Å². The highest BCUT2D eigenvalue weighted by molar-refractivity contribution is 8.00. The summed E-state index contributed by atoms with van der Waals surface area (Å²) in [4.78, 5) is 0. The number of thioether (sulfide) groups is 1. The summed E-state index contributed by atoms with van der Waals surface area (Å²) in [5.41, 5.74) is 0. The zero-order chi connectivity index (χ0) is 10.4. The molecule has 1 aliphatic heterocycles. The third kappa shape index (κ3) is 4.05. The highest BCUT2D eigenvalue weighted by Crippen LogP contribution is 2.37. The molecular weight excluding hydrogens is 190 g/mol. The summed E-state index contributed by atoms with van der Waals surface area (Å²) in [5, 5.41) is 3.63. The van der Waals surface area contributed by atoms with E-state index in [0.29, 0.717) is 10.8 Å². The van der Waals surface area contributed by atoms with Crippen molar-refractivity contribution >= 4 is 11.8 Å². The molecule has 0 aromatic heterocycles. The second-order valence-corrected chi connectivity index (χ2v) is 6.23. The second kappa shape index (κ2) is 5.82. The second-order valence-electron chi connectivity index (χ2n) is 4.55. The number of nitrogens with one attached hydrogen (secondary N) is 1. The van der Waals surface area contributed by atoms with Crippen LogP contribution in [0.4, 0.5) is 0 Å². The first-order valence-corrected chi connectivity index (χ1v) is 6.63. The molecule has 0 aliphatic carbocycles. The Hall–Kier alpha value is 0.0500. The lowest BCUT2D eigenvalue weighted by atomic mass is 10.0. The van der Waals surface area contributed by atoms with E-state index in [0.717, 1.165) is 13.0 Å². The van der Waals surface area contributed by atoms with Gasteiger partial charge in [-0.05, 0) is 45.3 Å². The van der Waals surface area contributed by atoms with Crippen LogP contribution >= 0.6 is 11.8 Å². The van der Waals surface area contributed by atoms with Crippen LogP contribution in [0.3, 0.4) is 0 Å². The fourth-order valence-electron chi connectivity index (χ4n) is 1.84. The Balaban J connectivity index is 2.15. The molecule has 2 heteroatoms. The summed E-state index contributed by atoms with van der Waals surface area (Å²) in [5.74, 6) is 1.35. The van der Waals surface area contributed by atoms with E-state index in [1.807, 2.05) is 6.08 Å². The molecule has 14 heavy (non-hydrogen) atoms. The van der Waals surface area contributed by atoms with Crippen molar-refractivity contribution in [1.82, 2.24) is 5.32 Å². The molecule has 1 nitrogen and oxygen atoms in total. The van der Waals surface area contributed by atoms with Gasteiger partial charge in [0.1, 0.15) is 0 Å². The largest absolute Gasteiger partial charge is 0.313 e. The highest BCUT2D eigenvalue weighted by atomic mass is 32.2. The number of allylic oxidation sites excluding steroid dienone is 1. The van der Waals surface area contributed by atoms with Gasteiger partial charge in [0.2, 0.25) is 0 Å². The van der Waals surface area contributed by atoms with Gasteiger partial charge in [-0.25, -0.2) is 0 Å². The lowest BCUT2D eigenvalue weighted by molar-refractivity contribution is 0.464. The molecule has 1 N–H and O–H groups in total. The zero-order valence-corrected chi connectivity index (χ0v) is 10.3. The van der Waals surface area contributed by atoms with E-state index >= 15 is 0 Å². The number of hydrogen-bond donors (Lipinski definition) is 1. The first-order chi connectivity index (χ1) is 6.66. The van der Waals surface area contributed by atoms with Crippen LogP contribution in [0.25, 0.3) is 0 Å². The molecular formula is C12H23NS. The summed E-state index contributed by atoms with van der Waals surface area (Å²) in [7, 11) is 0. The normalized spacial score (nSPS) is 29.0. The third-order valence-electron chi connectivity index (χ3n) is 2.93. The molecule has 0 saturated carbocycles. The minimum atomic E-state index is 0.502. The van der Waals surface area contributed by atoms with Gasteiger partial charge in [-0.1, -0.05) is 6.08 Å². The SMILES string of the molecule is C=CCCC(C)NCC1(C)CCCS1. The predicted molar refractivity (Wildman–Crippen MR) is 67.0 cm³/mol. The molecule has 1 heterocycles. The fourth-order valence-corrected chi connectivity index (χ4v) is 3.09. The van der Waals surface area contributed by atoms with Gasteiger partial charge in [-0.15, -0.1) is 6.58 Å². The van der Waals surface area contributed by atoms with Crippen molar-refractivity contribution in [3.05, 3.63) is 12.7 Å². The van der Waals surface area contributed by atoms with Crippen molar-refractivity contribution < 1.29 is 0 Å². The van der Waals surface area contributed by atoms with Gasteiger partial charge in [-0.3, -0.25) is 0 Å². The molecule has 2 unspecified atom stereocenters. The molecule has 1 fully saturated rings. The number of hydrogen-bond acceptors (Lipinski definition) is 2. The van der Waals surface area contributed by atoms with E-state index in [9.17, 15) is 0 Å². The maximum Gasteiger partial charge on any atom is 0.0256 e. The van der Waals surface area contributed by atoms with Crippen molar-refractivity contribution in [2.75, 3.05) is 12.3 Å². The molecule has 1 rings (SSSR count). The van der Waals surface area contributed by atoms with Gasteiger partial charge >= 0.3 is 0 Å². The van der Waals surface area contributed by atoms with E-state index in [-0.39, 0.29) is 0 Å². The van der Waals surface area contributed by atoms with Crippen LogP contribution in [0, 0.1) is 0 Å². The molecule has 0 radical (unpaired) electrons. The molecule has 0 aromatic carbocycles. The van der Waals surface area contributed by atoms with Crippen LogP contribution in [-0.2, 0) is 0 Å². The van der Waals surface area contributed by atoms with Crippen molar-refractivity contribution in [3.63, 3.8) is 0 Å². The quantitative estimate of drug-likeness (QED) is 0.680. The van der Waals surface area contributed by atoms with Crippen LogP contribution in [0.5, 0.6) is 0 Å². The van der Waals surface area contributed by atoms with Crippen LogP contribution < -0.4 is 5.32 Å². The van der Waals surface area contributed by atoms with Crippen LogP contribution in [0.15, 0.2) is 12.7 Å². The molecule has 0 spiro atoms. The lowest BCUT2D eigenvalue weighted by Gasteiger charge is -2.25. The molecule has 0 amide bonds. The Labute approximate surface area is 92.7 Å². The summed E-state index contributed by atoms with van der Waals surface area (Å²) in [6, 6.07) is 0.631. The summed E-state index contributed by atoms with van der Waals surface area (Å²) >= 11 is 2.13. The molecule has 82 valence electrons. The summed E-state index contributed by atoms with van der Waals surface area (Å²) in [6.07, 6.45) is 7.11. The van der Waals surface area contributed by atoms with Gasteiger partial charge < -0.3 is 5.32 Å². The Morgan fingerprint density at radius 2 is 2.43 bits per heavy atom. The summed E-state index contributed by atoms with van der Waals surface area (Å²) < 4.78 is 0.502. The van der Waals surface area contributed by atoms with Gasteiger partial charge in [0, 0.05) is 17.3 Å². The van der Waals surface area contributed by atoms with E-state index in [2.05, 4.69) is 37.5 Å². The van der Waals surface area contributed by atoms with Crippen molar-refractivity contribution in [2.24, 2.45) is 0 Å². The summed E-state index contributed by atoms with van der Waals surface area (Å²) in [6.45, 7) is 9.57. The van der Waals surface area contributed by atoms with Gasteiger partial charge in [0.25, 0.3) is 0 Å². The van der Waals surface area contributed by atoms with Gasteiger partial charge in [0.05, 0.1) is 0 Å². The average molecular weight is 213 g/mol. The molecule has 2 atom stereocenters. The first-order valence-electron chi connectivity index (χ1n) is 5.64. The maximum atomic E-state index is 3.75. The lowest BCUT2D eigenvalue weighted by Crippen LogP contribution is -2.37. The topological polar surface area (TPSA) is 12.0 Å². The van der Waals surface area contributed by atoms with Gasteiger partial charge in [-0.2, -0.15) is 11.8 Å². The van der Waals surface area contributed by atoms with Crippen molar-refractivity contribution in [3.8, 4) is 0 Å². The van der Waals surface area contributed by atoms with E-state index in [1.165, 1.54) is 25.0 Å². The Morgan fingerprint density at radius 1 is 1.64 bits per heavy atom. The Bertz CT molecular complexity index is 173. The third-order valence-corrected chi connectivity index (χ3v) is 4.47. The monoisotopic (exact) mass is 213 g/mol. The number of rotatable bonds is 6. The molecule has 0 bridgehead atoms. The van der Waals surface area contributed by atoms with Crippen LogP contribution in [-0.4, -0.2) is 23.1 Å². The zero-order valence-electron chi connectivity index (χ0n) is 9.51. The molecule has 1 saturated heterocycles. The minimum Gasteiger partial charge on any atom is -0.313 e. The van der Waals surface area contributed by atoms with Crippen molar-refractivity contribution in [2.45, 2.75) is 50.3 Å². The fraction of sp³-hybridized carbons (Fsp3) is 0.833. The standard InChI is InChI=1S/C12H23NS/c1-4-5-7-11(2)13-10-12(3)8-6-9-14-12/h4,11,13H,1,5-10H2,2-3H3. The molecule has 1 aliphatic rings. The van der Waals surface area contributed by atoms with Gasteiger partial charge in [0.15, 0.2) is 0 Å². The molecule has 0 aromatic rings. The van der Waals surface area contributed by atoms with E-state index in [4.69, 9.17) is 0 Å². The Kier molecular flexibility index (Phi) is 5.04. The predicted octanol–water partition coefficient (Wildman–Crippen LogP) is 3.22. The first kappa shape index (κ1) is 12.1. The van der Waals surface area contributed by atoms with Crippen LogP contribution in [0.1, 0.15) is 39.5 Å². The van der Waals surface area contributed by atoms with E-state index in [1.54, 1.807) is 0 Å². The highest BCUT2D eigenvalue weighted by Gasteiger charge is 2.29. The van der Waals surface area contributed by atoms with Crippen LogP contribution in [0.2, 0.25) is 0 Å². The smallest absolute Gasteiger partial charge is 0.0256 e. The van der Waals surface area contributed by atoms with Crippen molar-refractivity contribution in [1.29, 1.82) is 0 Å². The minimum absolute atomic E-state index is 0.502. The Morgan fingerprint density at radius 3 is 3.00 bits per heavy atom. The maximum absolute atomic E-state index is 3.75.